The van der Waals surface area contributed by atoms with Gasteiger partial charge in [0, 0.05) is 56.3 Å². The Morgan fingerprint density at radius 1 is 0.833 bits per heavy atom. The van der Waals surface area contributed by atoms with Gasteiger partial charge < -0.3 is 19.0 Å². The van der Waals surface area contributed by atoms with E-state index < -0.39 is 5.63 Å². The van der Waals surface area contributed by atoms with E-state index in [1.807, 2.05) is 6.07 Å². The summed E-state index contributed by atoms with van der Waals surface area (Å²) in [6, 6.07) is 21.0. The van der Waals surface area contributed by atoms with Gasteiger partial charge in [-0.3, -0.25) is 9.80 Å². The second kappa shape index (κ2) is 10.4. The van der Waals surface area contributed by atoms with Crippen LogP contribution in [0.4, 0.5) is 0 Å². The zero-order valence-electron chi connectivity index (χ0n) is 20.6. The fraction of sp³-hybridized carbons (Fsp3) is 0.276. The van der Waals surface area contributed by atoms with Crippen LogP contribution in [0.5, 0.6) is 17.2 Å². The number of phenolic OH excluding ortho intramolecular Hbond substituents is 1. The van der Waals surface area contributed by atoms with Crippen molar-refractivity contribution in [2.45, 2.75) is 13.1 Å². The van der Waals surface area contributed by atoms with Crippen LogP contribution in [-0.2, 0) is 13.1 Å². The molecule has 36 heavy (non-hydrogen) atoms. The highest BCUT2D eigenvalue weighted by Crippen LogP contribution is 2.35. The van der Waals surface area contributed by atoms with Gasteiger partial charge in [0.15, 0.2) is 0 Å². The minimum absolute atomic E-state index is 0.132. The normalized spacial score (nSPS) is 14.7. The number of rotatable bonds is 7. The van der Waals surface area contributed by atoms with E-state index in [2.05, 4.69) is 34.1 Å². The molecule has 0 saturated carbocycles. The molecule has 5 rings (SSSR count). The standard InChI is InChI=1S/C29H30N2O5/c1-34-22-9-10-23(27(17-22)35-2)24-16-21-8-11-26(32)25(28(21)36-29(24)33)19-31-14-12-30(13-15-31)18-20-6-4-3-5-7-20/h3-11,16-17,32H,12-15,18-19H2,1-2H3. The van der Waals surface area contributed by atoms with Crippen molar-refractivity contribution in [1.29, 1.82) is 0 Å². The van der Waals surface area contributed by atoms with E-state index in [0.717, 1.165) is 38.1 Å². The van der Waals surface area contributed by atoms with E-state index in [-0.39, 0.29) is 5.75 Å². The molecule has 0 radical (unpaired) electrons. The Kier molecular flexibility index (Phi) is 6.93. The van der Waals surface area contributed by atoms with Gasteiger partial charge in [-0.15, -0.1) is 0 Å². The topological polar surface area (TPSA) is 75.4 Å². The number of fused-ring (bicyclic) bond motifs is 1. The fourth-order valence-corrected chi connectivity index (χ4v) is 4.76. The summed E-state index contributed by atoms with van der Waals surface area (Å²) >= 11 is 0. The molecule has 1 fully saturated rings. The molecular weight excluding hydrogens is 456 g/mol. The third-order valence-electron chi connectivity index (χ3n) is 6.78. The van der Waals surface area contributed by atoms with Gasteiger partial charge in [0.1, 0.15) is 22.8 Å². The quantitative estimate of drug-likeness (QED) is 0.386. The van der Waals surface area contributed by atoms with E-state index in [0.29, 0.717) is 40.3 Å². The minimum Gasteiger partial charge on any atom is -0.507 e. The smallest absolute Gasteiger partial charge is 0.344 e. The first-order valence-electron chi connectivity index (χ1n) is 12.1. The maximum absolute atomic E-state index is 13.1. The highest BCUT2D eigenvalue weighted by Gasteiger charge is 2.21. The van der Waals surface area contributed by atoms with E-state index in [1.54, 1.807) is 50.6 Å². The molecule has 3 aromatic carbocycles. The molecule has 1 aliphatic heterocycles. The van der Waals surface area contributed by atoms with Gasteiger partial charge in [-0.25, -0.2) is 4.79 Å². The number of benzene rings is 3. The van der Waals surface area contributed by atoms with E-state index in [9.17, 15) is 9.90 Å². The minimum atomic E-state index is -0.481. The number of piperazine rings is 1. The van der Waals surface area contributed by atoms with Gasteiger partial charge in [-0.2, -0.15) is 0 Å². The van der Waals surface area contributed by atoms with Crippen LogP contribution >= 0.6 is 0 Å². The Morgan fingerprint density at radius 2 is 1.56 bits per heavy atom. The van der Waals surface area contributed by atoms with Crippen LogP contribution < -0.4 is 15.1 Å². The molecule has 186 valence electrons. The Bertz CT molecular complexity index is 1410. The van der Waals surface area contributed by atoms with Crippen LogP contribution in [0.25, 0.3) is 22.1 Å². The number of hydrogen-bond acceptors (Lipinski definition) is 7. The third-order valence-corrected chi connectivity index (χ3v) is 6.78. The van der Waals surface area contributed by atoms with Gasteiger partial charge in [-0.05, 0) is 35.9 Å². The van der Waals surface area contributed by atoms with Crippen molar-refractivity contribution in [2.24, 2.45) is 0 Å². The second-order valence-corrected chi connectivity index (χ2v) is 9.03. The first kappa shape index (κ1) is 23.9. The molecule has 0 atom stereocenters. The molecule has 4 aromatic rings. The van der Waals surface area contributed by atoms with Crippen LogP contribution in [0.1, 0.15) is 11.1 Å². The number of phenols is 1. The molecule has 0 unspecified atom stereocenters. The van der Waals surface area contributed by atoms with Gasteiger partial charge in [0.2, 0.25) is 0 Å². The maximum Gasteiger partial charge on any atom is 0.344 e. The average Bonchev–Trinajstić information content (AvgIpc) is 2.91. The third kappa shape index (κ3) is 4.94. The molecule has 0 aliphatic carbocycles. The zero-order valence-corrected chi connectivity index (χ0v) is 20.6. The molecule has 0 amide bonds. The SMILES string of the molecule is COc1ccc(-c2cc3ccc(O)c(CN4CCN(Cc5ccccc5)CC4)c3oc2=O)c(OC)c1. The van der Waals surface area contributed by atoms with Crippen molar-refractivity contribution in [2.75, 3.05) is 40.4 Å². The van der Waals surface area contributed by atoms with Gasteiger partial charge in [0.05, 0.1) is 25.3 Å². The Labute approximate surface area is 210 Å². The second-order valence-electron chi connectivity index (χ2n) is 9.03. The Hall–Kier alpha value is -3.81. The van der Waals surface area contributed by atoms with Gasteiger partial charge in [-0.1, -0.05) is 30.3 Å². The average molecular weight is 487 g/mol. The Morgan fingerprint density at radius 3 is 2.25 bits per heavy atom. The van der Waals surface area contributed by atoms with Crippen molar-refractivity contribution in [3.8, 4) is 28.4 Å². The van der Waals surface area contributed by atoms with Crippen molar-refractivity contribution in [1.82, 2.24) is 9.80 Å². The molecule has 0 bridgehead atoms. The summed E-state index contributed by atoms with van der Waals surface area (Å²) < 4.78 is 16.6. The highest BCUT2D eigenvalue weighted by atomic mass is 16.5. The fourth-order valence-electron chi connectivity index (χ4n) is 4.76. The first-order chi connectivity index (χ1) is 17.6. The van der Waals surface area contributed by atoms with Crippen molar-refractivity contribution in [3.05, 3.63) is 88.3 Å². The predicted octanol–water partition coefficient (Wildman–Crippen LogP) is 4.50. The molecule has 0 spiro atoms. The number of ether oxygens (including phenoxy) is 2. The van der Waals surface area contributed by atoms with Crippen LogP contribution in [0.3, 0.4) is 0 Å². The Balaban J connectivity index is 1.38. The molecule has 1 saturated heterocycles. The lowest BCUT2D eigenvalue weighted by Crippen LogP contribution is -2.45. The summed E-state index contributed by atoms with van der Waals surface area (Å²) in [5.41, 5.74) is 2.90. The lowest BCUT2D eigenvalue weighted by atomic mass is 10.0. The summed E-state index contributed by atoms with van der Waals surface area (Å²) in [5.74, 6) is 1.29. The highest BCUT2D eigenvalue weighted by molar-refractivity contribution is 5.86. The lowest BCUT2D eigenvalue weighted by Gasteiger charge is -2.34. The number of nitrogens with zero attached hydrogens (tertiary/aromatic N) is 2. The first-order valence-corrected chi connectivity index (χ1v) is 12.1. The van der Waals surface area contributed by atoms with Crippen LogP contribution in [0, 0.1) is 0 Å². The van der Waals surface area contributed by atoms with Crippen LogP contribution in [0.2, 0.25) is 0 Å². The number of aromatic hydroxyl groups is 1. The van der Waals surface area contributed by atoms with Gasteiger partial charge >= 0.3 is 5.63 Å². The zero-order chi connectivity index (χ0) is 25.1. The van der Waals surface area contributed by atoms with E-state index >= 15 is 0 Å². The molecule has 7 heteroatoms. The summed E-state index contributed by atoms with van der Waals surface area (Å²) in [4.78, 5) is 17.8. The summed E-state index contributed by atoms with van der Waals surface area (Å²) in [7, 11) is 3.13. The van der Waals surface area contributed by atoms with E-state index in [4.69, 9.17) is 13.9 Å². The van der Waals surface area contributed by atoms with Crippen LogP contribution in [0.15, 0.2) is 75.9 Å². The summed E-state index contributed by atoms with van der Waals surface area (Å²) in [5, 5.41) is 11.4. The number of hydrogen-bond donors (Lipinski definition) is 1. The lowest BCUT2D eigenvalue weighted by molar-refractivity contribution is 0.121. The van der Waals surface area contributed by atoms with Crippen molar-refractivity contribution < 1.29 is 19.0 Å². The van der Waals surface area contributed by atoms with Crippen LogP contribution in [-0.4, -0.2) is 55.3 Å². The van der Waals surface area contributed by atoms with E-state index in [1.165, 1.54) is 5.56 Å². The number of methoxy groups -OCH3 is 2. The maximum atomic E-state index is 13.1. The molecule has 1 aromatic heterocycles. The molecule has 1 N–H and O–H groups in total. The molecule has 1 aliphatic rings. The van der Waals surface area contributed by atoms with Gasteiger partial charge in [0.25, 0.3) is 0 Å². The molecular formula is C29H30N2O5. The predicted molar refractivity (Wildman–Crippen MR) is 140 cm³/mol. The largest absolute Gasteiger partial charge is 0.507 e. The van der Waals surface area contributed by atoms with Crippen molar-refractivity contribution >= 4 is 11.0 Å². The molecule has 7 nitrogen and oxygen atoms in total. The summed E-state index contributed by atoms with van der Waals surface area (Å²) in [6.07, 6.45) is 0. The molecule has 2 heterocycles. The summed E-state index contributed by atoms with van der Waals surface area (Å²) in [6.45, 7) is 5.05. The monoisotopic (exact) mass is 486 g/mol. The van der Waals surface area contributed by atoms with Crippen molar-refractivity contribution in [3.63, 3.8) is 0 Å².